The van der Waals surface area contributed by atoms with Crippen molar-refractivity contribution < 1.29 is 9.84 Å². The molecule has 3 heteroatoms. The Bertz CT molecular complexity index is 450. The molecule has 90 valence electrons. The van der Waals surface area contributed by atoms with Crippen LogP contribution in [0.3, 0.4) is 0 Å². The molecule has 1 aliphatic heterocycles. The zero-order valence-electron chi connectivity index (χ0n) is 9.85. The number of aliphatic hydroxyl groups is 1. The van der Waals surface area contributed by atoms with Gasteiger partial charge in [0.25, 0.3) is 0 Å². The second-order valence-electron chi connectivity index (χ2n) is 3.98. The summed E-state index contributed by atoms with van der Waals surface area (Å²) in [7, 11) is 0. The minimum atomic E-state index is -0.366. The lowest BCUT2D eigenvalue weighted by Gasteiger charge is -2.25. The van der Waals surface area contributed by atoms with Gasteiger partial charge in [0.1, 0.15) is 6.10 Å². The fourth-order valence-electron chi connectivity index (χ4n) is 1.79. The molecule has 1 fully saturated rings. The number of aliphatic hydroxyl groups excluding tert-OH is 1. The van der Waals surface area contributed by atoms with Crippen molar-refractivity contribution in [3.8, 4) is 11.8 Å². The Morgan fingerprint density at radius 2 is 2.41 bits per heavy atom. The van der Waals surface area contributed by atoms with Crippen LogP contribution in [0.15, 0.2) is 18.2 Å². The summed E-state index contributed by atoms with van der Waals surface area (Å²) in [4.78, 5) is 2.21. The van der Waals surface area contributed by atoms with Gasteiger partial charge in [0.15, 0.2) is 0 Å². The van der Waals surface area contributed by atoms with Crippen molar-refractivity contribution in [2.24, 2.45) is 0 Å². The van der Waals surface area contributed by atoms with Crippen molar-refractivity contribution in [2.75, 3.05) is 6.61 Å². The molecule has 1 aromatic rings. The van der Waals surface area contributed by atoms with Crippen molar-refractivity contribution in [1.82, 2.24) is 0 Å². The predicted molar refractivity (Wildman–Crippen MR) is 70.9 cm³/mol. The molecule has 0 amide bonds. The van der Waals surface area contributed by atoms with Gasteiger partial charge in [-0.1, -0.05) is 12.0 Å². The molecule has 2 atom stereocenters. The number of hydrogen-bond acceptors (Lipinski definition) is 3. The highest BCUT2D eigenvalue weighted by Crippen LogP contribution is 2.20. The molecule has 0 unspecified atom stereocenters. The van der Waals surface area contributed by atoms with Gasteiger partial charge < -0.3 is 9.84 Å². The molecule has 1 aromatic heterocycles. The second-order valence-corrected chi connectivity index (χ2v) is 5.10. The molecular formula is C14H16O2S. The van der Waals surface area contributed by atoms with E-state index in [2.05, 4.69) is 11.8 Å². The topological polar surface area (TPSA) is 29.5 Å². The summed E-state index contributed by atoms with van der Waals surface area (Å²) in [5, 5.41) is 9.74. The van der Waals surface area contributed by atoms with E-state index in [-0.39, 0.29) is 12.2 Å². The van der Waals surface area contributed by atoms with Crippen LogP contribution < -0.4 is 0 Å². The normalized spacial score (nSPS) is 24.6. The average molecular weight is 248 g/mol. The smallest absolute Gasteiger partial charge is 0.102 e. The standard InChI is InChI=1S/C14H16O2S/c1-2-4-11-6-7-12(17-11)8-9-14-13(15)5-3-10-16-14/h6-9,13-15H,3,5,10H2,1H3/t13-,14+/m1/s1. The van der Waals surface area contributed by atoms with Crippen LogP contribution in [0.4, 0.5) is 0 Å². The molecule has 1 aliphatic rings. The van der Waals surface area contributed by atoms with Gasteiger partial charge in [0.05, 0.1) is 11.0 Å². The first-order chi connectivity index (χ1) is 8.29. The molecule has 2 rings (SSSR count). The molecule has 1 saturated heterocycles. The molecule has 0 spiro atoms. The Labute approximate surface area is 106 Å². The first kappa shape index (κ1) is 12.4. The lowest BCUT2D eigenvalue weighted by Crippen LogP contribution is -2.32. The molecule has 2 nitrogen and oxygen atoms in total. The van der Waals surface area contributed by atoms with Crippen LogP contribution in [0, 0.1) is 11.8 Å². The quantitative estimate of drug-likeness (QED) is 0.815. The van der Waals surface area contributed by atoms with Crippen molar-refractivity contribution in [3.63, 3.8) is 0 Å². The fraction of sp³-hybridized carbons (Fsp3) is 0.429. The maximum Gasteiger partial charge on any atom is 0.102 e. The molecule has 1 N–H and O–H groups in total. The summed E-state index contributed by atoms with van der Waals surface area (Å²) in [6, 6.07) is 4.05. The maximum atomic E-state index is 9.74. The molecule has 0 saturated carbocycles. The lowest BCUT2D eigenvalue weighted by molar-refractivity contribution is -0.0479. The van der Waals surface area contributed by atoms with Gasteiger partial charge in [-0.05, 0) is 38.0 Å². The highest BCUT2D eigenvalue weighted by Gasteiger charge is 2.20. The number of hydrogen-bond donors (Lipinski definition) is 1. The SMILES string of the molecule is CC#Cc1ccc(C=C[C@@H]2OCCC[C@H]2O)s1. The van der Waals surface area contributed by atoms with E-state index < -0.39 is 0 Å². The summed E-state index contributed by atoms with van der Waals surface area (Å²) in [6.45, 7) is 2.57. The monoisotopic (exact) mass is 248 g/mol. The Morgan fingerprint density at radius 1 is 1.53 bits per heavy atom. The third-order valence-corrected chi connectivity index (χ3v) is 3.62. The fourth-order valence-corrected chi connectivity index (χ4v) is 2.62. The van der Waals surface area contributed by atoms with Crippen LogP contribution in [0.5, 0.6) is 0 Å². The van der Waals surface area contributed by atoms with E-state index in [1.165, 1.54) is 0 Å². The van der Waals surface area contributed by atoms with Gasteiger partial charge in [-0.3, -0.25) is 0 Å². The molecule has 17 heavy (non-hydrogen) atoms. The average Bonchev–Trinajstić information content (AvgIpc) is 2.76. The van der Waals surface area contributed by atoms with Crippen LogP contribution in [0.1, 0.15) is 29.5 Å². The Hall–Kier alpha value is -1.08. The molecular weight excluding hydrogens is 232 g/mol. The summed E-state index contributed by atoms with van der Waals surface area (Å²) in [5.41, 5.74) is 0. The van der Waals surface area contributed by atoms with Crippen LogP contribution in [-0.4, -0.2) is 23.9 Å². The van der Waals surface area contributed by atoms with Crippen LogP contribution in [0.2, 0.25) is 0 Å². The van der Waals surface area contributed by atoms with Crippen LogP contribution >= 0.6 is 11.3 Å². The third kappa shape index (κ3) is 3.44. The van der Waals surface area contributed by atoms with Crippen LogP contribution in [0.25, 0.3) is 6.08 Å². The Morgan fingerprint density at radius 3 is 3.18 bits per heavy atom. The van der Waals surface area contributed by atoms with E-state index in [4.69, 9.17) is 4.74 Å². The maximum absolute atomic E-state index is 9.74. The summed E-state index contributed by atoms with van der Waals surface area (Å²) in [5.74, 6) is 5.91. The van der Waals surface area contributed by atoms with Crippen molar-refractivity contribution in [1.29, 1.82) is 0 Å². The van der Waals surface area contributed by atoms with Gasteiger partial charge in [0.2, 0.25) is 0 Å². The predicted octanol–water partition coefficient (Wildman–Crippen LogP) is 2.67. The number of thiophene rings is 1. The van der Waals surface area contributed by atoms with E-state index in [1.54, 1.807) is 11.3 Å². The highest BCUT2D eigenvalue weighted by molar-refractivity contribution is 7.13. The Kier molecular flexibility index (Phi) is 4.38. The lowest BCUT2D eigenvalue weighted by atomic mass is 10.1. The van der Waals surface area contributed by atoms with Crippen molar-refractivity contribution in [2.45, 2.75) is 32.0 Å². The first-order valence-electron chi connectivity index (χ1n) is 5.80. The van der Waals surface area contributed by atoms with Gasteiger partial charge >= 0.3 is 0 Å². The van der Waals surface area contributed by atoms with Crippen LogP contribution in [-0.2, 0) is 4.74 Å². The van der Waals surface area contributed by atoms with Gasteiger partial charge in [-0.25, -0.2) is 0 Å². The zero-order valence-corrected chi connectivity index (χ0v) is 10.7. The molecule has 0 bridgehead atoms. The van der Waals surface area contributed by atoms with Crippen molar-refractivity contribution in [3.05, 3.63) is 28.0 Å². The molecule has 0 aromatic carbocycles. The summed E-state index contributed by atoms with van der Waals surface area (Å²) >= 11 is 1.65. The van der Waals surface area contributed by atoms with Gasteiger partial charge in [-0.2, -0.15) is 0 Å². The number of rotatable bonds is 2. The van der Waals surface area contributed by atoms with E-state index in [9.17, 15) is 5.11 Å². The second kappa shape index (κ2) is 6.02. The van der Waals surface area contributed by atoms with E-state index in [0.717, 1.165) is 29.2 Å². The highest BCUT2D eigenvalue weighted by atomic mass is 32.1. The minimum Gasteiger partial charge on any atom is -0.390 e. The molecule has 0 aliphatic carbocycles. The van der Waals surface area contributed by atoms with Gasteiger partial charge in [0, 0.05) is 11.5 Å². The zero-order chi connectivity index (χ0) is 12.1. The van der Waals surface area contributed by atoms with E-state index >= 15 is 0 Å². The molecule has 0 radical (unpaired) electrons. The van der Waals surface area contributed by atoms with E-state index in [1.807, 2.05) is 31.2 Å². The largest absolute Gasteiger partial charge is 0.390 e. The van der Waals surface area contributed by atoms with Gasteiger partial charge in [-0.15, -0.1) is 17.3 Å². The third-order valence-electron chi connectivity index (χ3n) is 2.66. The Balaban J connectivity index is 2.00. The summed E-state index contributed by atoms with van der Waals surface area (Å²) < 4.78 is 5.51. The first-order valence-corrected chi connectivity index (χ1v) is 6.61. The molecule has 2 heterocycles. The summed E-state index contributed by atoms with van der Waals surface area (Å²) in [6.07, 6.45) is 5.19. The van der Waals surface area contributed by atoms with E-state index in [0.29, 0.717) is 0 Å². The van der Waals surface area contributed by atoms with Crippen molar-refractivity contribution >= 4 is 17.4 Å². The number of ether oxygens (including phenoxy) is 1. The minimum absolute atomic E-state index is 0.161.